The number of hydrogen-bond acceptors (Lipinski definition) is 2. The molecule has 0 fully saturated rings. The Bertz CT molecular complexity index is 601. The van der Waals surface area contributed by atoms with E-state index in [0.29, 0.717) is 5.69 Å². The van der Waals surface area contributed by atoms with Crippen LogP contribution in [0.4, 0.5) is 10.1 Å². The summed E-state index contributed by atoms with van der Waals surface area (Å²) in [5.41, 5.74) is 1.57. The zero-order valence-electron chi connectivity index (χ0n) is 9.58. The van der Waals surface area contributed by atoms with Gasteiger partial charge in [-0.05, 0) is 40.5 Å². The molecule has 1 heterocycles. The minimum absolute atomic E-state index is 0.0293. The second-order valence-corrected chi connectivity index (χ2v) is 4.54. The molecule has 0 aliphatic rings. The van der Waals surface area contributed by atoms with Gasteiger partial charge in [-0.25, -0.2) is 4.39 Å². The van der Waals surface area contributed by atoms with Gasteiger partial charge < -0.3 is 5.32 Å². The first kappa shape index (κ1) is 12.7. The van der Waals surface area contributed by atoms with Crippen molar-refractivity contribution < 1.29 is 9.18 Å². The number of hydrogen-bond donors (Lipinski definition) is 1. The summed E-state index contributed by atoms with van der Waals surface area (Å²) in [5.74, 6) is -1.14. The van der Waals surface area contributed by atoms with E-state index in [-0.39, 0.29) is 5.56 Å². The summed E-state index contributed by atoms with van der Waals surface area (Å²) < 4.78 is 14.2. The molecule has 0 atom stereocenters. The molecule has 0 saturated carbocycles. The molecule has 0 spiro atoms. The molecule has 2 aromatic rings. The third-order valence-corrected chi connectivity index (χ3v) is 3.51. The molecule has 0 saturated heterocycles. The van der Waals surface area contributed by atoms with Crippen LogP contribution in [0, 0.1) is 12.7 Å². The first-order valence-electron chi connectivity index (χ1n) is 5.25. The maximum absolute atomic E-state index is 13.4. The first-order valence-corrected chi connectivity index (χ1v) is 6.05. The van der Waals surface area contributed by atoms with Crippen molar-refractivity contribution in [3.05, 3.63) is 58.1 Å². The summed E-state index contributed by atoms with van der Waals surface area (Å²) in [6, 6.07) is 6.81. The zero-order chi connectivity index (χ0) is 13.1. The molecule has 0 aliphatic carbocycles. The molecule has 3 nitrogen and oxygen atoms in total. The van der Waals surface area contributed by atoms with Gasteiger partial charge >= 0.3 is 0 Å². The highest BCUT2D eigenvalue weighted by atomic mass is 79.9. The van der Waals surface area contributed by atoms with Gasteiger partial charge in [-0.15, -0.1) is 0 Å². The largest absolute Gasteiger partial charge is 0.321 e. The van der Waals surface area contributed by atoms with Crippen LogP contribution in [0.1, 0.15) is 15.9 Å². The average molecular weight is 309 g/mol. The van der Waals surface area contributed by atoms with Crippen LogP contribution in [0.25, 0.3) is 0 Å². The molecule has 0 unspecified atom stereocenters. The Balaban J connectivity index is 2.27. The molecule has 0 bridgehead atoms. The Kier molecular flexibility index (Phi) is 3.72. The van der Waals surface area contributed by atoms with Gasteiger partial charge in [-0.2, -0.15) is 0 Å². The average Bonchev–Trinajstić information content (AvgIpc) is 2.35. The van der Waals surface area contributed by atoms with E-state index < -0.39 is 11.7 Å². The number of amides is 1. The lowest BCUT2D eigenvalue weighted by Crippen LogP contribution is -2.14. The van der Waals surface area contributed by atoms with Crippen LogP contribution in [0.5, 0.6) is 0 Å². The van der Waals surface area contributed by atoms with E-state index in [1.165, 1.54) is 12.3 Å². The Morgan fingerprint density at radius 3 is 2.89 bits per heavy atom. The Labute approximate surface area is 112 Å². The number of aromatic nitrogens is 1. The topological polar surface area (TPSA) is 42.0 Å². The Morgan fingerprint density at radius 1 is 1.39 bits per heavy atom. The highest BCUT2D eigenvalue weighted by Crippen LogP contribution is 2.26. The number of carbonyl (C=O) groups excluding carboxylic acids is 1. The lowest BCUT2D eigenvalue weighted by Gasteiger charge is -2.09. The van der Waals surface area contributed by atoms with Crippen LogP contribution in [0.3, 0.4) is 0 Å². The molecule has 1 aromatic heterocycles. The monoisotopic (exact) mass is 308 g/mol. The smallest absolute Gasteiger partial charge is 0.258 e. The predicted octanol–water partition coefficient (Wildman–Crippen LogP) is 3.54. The van der Waals surface area contributed by atoms with Crippen LogP contribution in [0.15, 0.2) is 41.1 Å². The maximum Gasteiger partial charge on any atom is 0.258 e. The van der Waals surface area contributed by atoms with Crippen LogP contribution < -0.4 is 5.32 Å². The highest BCUT2D eigenvalue weighted by molar-refractivity contribution is 9.10. The van der Waals surface area contributed by atoms with Crippen molar-refractivity contribution in [3.63, 3.8) is 0 Å². The molecular weight excluding hydrogens is 299 g/mol. The van der Waals surface area contributed by atoms with Crippen LogP contribution in [-0.4, -0.2) is 10.9 Å². The fourth-order valence-corrected chi connectivity index (χ4v) is 1.86. The quantitative estimate of drug-likeness (QED) is 0.922. The fourth-order valence-electron chi connectivity index (χ4n) is 1.49. The second kappa shape index (κ2) is 5.27. The van der Waals surface area contributed by atoms with Gasteiger partial charge in [0.1, 0.15) is 0 Å². The molecule has 18 heavy (non-hydrogen) atoms. The van der Waals surface area contributed by atoms with Crippen molar-refractivity contribution in [1.29, 1.82) is 0 Å². The number of halogens is 2. The normalized spacial score (nSPS) is 10.2. The summed E-state index contributed by atoms with van der Waals surface area (Å²) in [5, 5.41) is 2.65. The van der Waals surface area contributed by atoms with Gasteiger partial charge in [0.15, 0.2) is 5.82 Å². The third-order valence-electron chi connectivity index (χ3n) is 2.46. The van der Waals surface area contributed by atoms with Gasteiger partial charge in [0.05, 0.1) is 17.4 Å². The number of rotatable bonds is 2. The lowest BCUT2D eigenvalue weighted by atomic mass is 10.2. The summed E-state index contributed by atoms with van der Waals surface area (Å²) in [4.78, 5) is 15.5. The summed E-state index contributed by atoms with van der Waals surface area (Å²) >= 11 is 3.38. The standard InChI is InChI=1S/C13H10BrFN2O/c1-8-3-2-4-11(12(8)14)17-13(18)9-5-6-16-7-10(9)15/h2-7H,1H3,(H,17,18). The number of nitrogens with one attached hydrogen (secondary N) is 1. The molecule has 1 amide bonds. The number of carbonyl (C=O) groups is 1. The fraction of sp³-hybridized carbons (Fsp3) is 0.0769. The van der Waals surface area contributed by atoms with Crippen LogP contribution in [0.2, 0.25) is 0 Å². The molecule has 2 rings (SSSR count). The van der Waals surface area contributed by atoms with E-state index in [2.05, 4.69) is 26.2 Å². The molecule has 1 aromatic carbocycles. The summed E-state index contributed by atoms with van der Waals surface area (Å²) in [6.07, 6.45) is 2.39. The van der Waals surface area contributed by atoms with Gasteiger partial charge in [0.2, 0.25) is 0 Å². The number of pyridine rings is 1. The van der Waals surface area contributed by atoms with Crippen LogP contribution in [-0.2, 0) is 0 Å². The van der Waals surface area contributed by atoms with Gasteiger partial charge in [-0.3, -0.25) is 9.78 Å². The molecular formula is C13H10BrFN2O. The molecule has 1 N–H and O–H groups in total. The minimum atomic E-state index is -0.640. The van der Waals surface area contributed by atoms with Crippen molar-refractivity contribution in [3.8, 4) is 0 Å². The van der Waals surface area contributed by atoms with E-state index in [1.54, 1.807) is 6.07 Å². The number of benzene rings is 1. The number of nitrogens with zero attached hydrogens (tertiary/aromatic N) is 1. The van der Waals surface area contributed by atoms with E-state index in [9.17, 15) is 9.18 Å². The number of aryl methyl sites for hydroxylation is 1. The molecule has 0 radical (unpaired) electrons. The van der Waals surface area contributed by atoms with Gasteiger partial charge in [-0.1, -0.05) is 12.1 Å². The summed E-state index contributed by atoms with van der Waals surface area (Å²) in [6.45, 7) is 1.91. The van der Waals surface area contributed by atoms with Crippen molar-refractivity contribution in [2.45, 2.75) is 6.92 Å². The number of anilines is 1. The lowest BCUT2D eigenvalue weighted by molar-refractivity contribution is 0.102. The van der Waals surface area contributed by atoms with E-state index in [0.717, 1.165) is 16.2 Å². The predicted molar refractivity (Wildman–Crippen MR) is 71.0 cm³/mol. The molecule has 5 heteroatoms. The zero-order valence-corrected chi connectivity index (χ0v) is 11.2. The SMILES string of the molecule is Cc1cccc(NC(=O)c2ccncc2F)c1Br. The van der Waals surface area contributed by atoms with E-state index in [1.807, 2.05) is 19.1 Å². The van der Waals surface area contributed by atoms with Crippen molar-refractivity contribution in [1.82, 2.24) is 4.98 Å². The van der Waals surface area contributed by atoms with Gasteiger partial charge in [0.25, 0.3) is 5.91 Å². The third kappa shape index (κ3) is 2.56. The Morgan fingerprint density at radius 2 is 2.17 bits per heavy atom. The van der Waals surface area contributed by atoms with E-state index in [4.69, 9.17) is 0 Å². The Hall–Kier alpha value is -1.75. The maximum atomic E-state index is 13.4. The summed E-state index contributed by atoms with van der Waals surface area (Å²) in [7, 11) is 0. The highest BCUT2D eigenvalue weighted by Gasteiger charge is 2.13. The molecule has 92 valence electrons. The molecule has 0 aliphatic heterocycles. The van der Waals surface area contributed by atoms with Gasteiger partial charge in [0, 0.05) is 10.7 Å². The van der Waals surface area contributed by atoms with Crippen molar-refractivity contribution in [2.75, 3.05) is 5.32 Å². The van der Waals surface area contributed by atoms with E-state index >= 15 is 0 Å². The van der Waals surface area contributed by atoms with Crippen molar-refractivity contribution >= 4 is 27.5 Å². The van der Waals surface area contributed by atoms with Crippen LogP contribution >= 0.6 is 15.9 Å². The first-order chi connectivity index (χ1) is 8.59. The minimum Gasteiger partial charge on any atom is -0.321 e. The van der Waals surface area contributed by atoms with Crippen molar-refractivity contribution in [2.24, 2.45) is 0 Å². The second-order valence-electron chi connectivity index (χ2n) is 3.75.